The van der Waals surface area contributed by atoms with Crippen LogP contribution in [0.25, 0.3) is 0 Å². The van der Waals surface area contributed by atoms with E-state index >= 15 is 0 Å². The van der Waals surface area contributed by atoms with Gasteiger partial charge in [-0.05, 0) is 18.2 Å². The fourth-order valence-corrected chi connectivity index (χ4v) is 1.35. The Kier molecular flexibility index (Phi) is 3.05. The van der Waals surface area contributed by atoms with Crippen molar-refractivity contribution in [2.24, 2.45) is 4.99 Å². The SMILES string of the molecule is [S-]c1ccccc1N=Cc1ccccn1. The maximum atomic E-state index is 5.13. The number of hydrogen-bond donors (Lipinski definition) is 0. The highest BCUT2D eigenvalue weighted by Crippen LogP contribution is 2.17. The normalized spacial score (nSPS) is 10.7. The van der Waals surface area contributed by atoms with E-state index in [9.17, 15) is 0 Å². The molecule has 1 heterocycles. The lowest BCUT2D eigenvalue weighted by atomic mass is 10.3. The maximum absolute atomic E-state index is 5.13. The molecule has 0 saturated carbocycles. The molecule has 0 saturated heterocycles. The second-order valence-corrected chi connectivity index (χ2v) is 3.42. The maximum Gasteiger partial charge on any atom is 0.0812 e. The molecule has 0 aliphatic carbocycles. The van der Waals surface area contributed by atoms with Gasteiger partial charge in [-0.2, -0.15) is 0 Å². The van der Waals surface area contributed by atoms with Crippen molar-refractivity contribution >= 4 is 24.5 Å². The molecule has 2 aromatic rings. The summed E-state index contributed by atoms with van der Waals surface area (Å²) in [6.45, 7) is 0. The Morgan fingerprint density at radius 1 is 1.07 bits per heavy atom. The molecule has 0 fully saturated rings. The molecule has 74 valence electrons. The van der Waals surface area contributed by atoms with Crippen molar-refractivity contribution in [3.63, 3.8) is 0 Å². The molecule has 1 aromatic heterocycles. The number of pyridine rings is 1. The number of aromatic nitrogens is 1. The van der Waals surface area contributed by atoms with Crippen LogP contribution in [-0.4, -0.2) is 11.2 Å². The first-order valence-electron chi connectivity index (χ1n) is 4.57. The van der Waals surface area contributed by atoms with Crippen LogP contribution < -0.4 is 0 Å². The van der Waals surface area contributed by atoms with Gasteiger partial charge < -0.3 is 12.6 Å². The van der Waals surface area contributed by atoms with Crippen molar-refractivity contribution in [3.8, 4) is 0 Å². The Labute approximate surface area is 94.1 Å². The quantitative estimate of drug-likeness (QED) is 0.566. The Hall–Kier alpha value is -1.74. The molecule has 0 aliphatic heterocycles. The molecule has 0 N–H and O–H groups in total. The van der Waals surface area contributed by atoms with Gasteiger partial charge in [0.25, 0.3) is 0 Å². The Morgan fingerprint density at radius 3 is 2.60 bits per heavy atom. The van der Waals surface area contributed by atoms with Crippen molar-refractivity contribution in [1.29, 1.82) is 0 Å². The summed E-state index contributed by atoms with van der Waals surface area (Å²) in [5.74, 6) is 0. The predicted octanol–water partition coefficient (Wildman–Crippen LogP) is 2.74. The molecule has 0 bridgehead atoms. The lowest BCUT2D eigenvalue weighted by Crippen LogP contribution is -1.84. The molecular weight excluding hydrogens is 204 g/mol. The van der Waals surface area contributed by atoms with Crippen LogP contribution in [0, 0.1) is 0 Å². The van der Waals surface area contributed by atoms with Crippen LogP contribution in [0.15, 0.2) is 58.5 Å². The van der Waals surface area contributed by atoms with E-state index in [1.54, 1.807) is 12.4 Å². The van der Waals surface area contributed by atoms with Crippen LogP contribution in [0.5, 0.6) is 0 Å². The molecule has 0 amide bonds. The average Bonchev–Trinajstić information content (AvgIpc) is 2.29. The molecule has 2 nitrogen and oxygen atoms in total. The Morgan fingerprint density at radius 2 is 1.87 bits per heavy atom. The summed E-state index contributed by atoms with van der Waals surface area (Å²) in [4.78, 5) is 9.18. The van der Waals surface area contributed by atoms with E-state index in [0.29, 0.717) is 0 Å². The highest BCUT2D eigenvalue weighted by Gasteiger charge is 1.88. The molecule has 2 rings (SSSR count). The first-order valence-corrected chi connectivity index (χ1v) is 4.98. The zero-order valence-corrected chi connectivity index (χ0v) is 8.82. The molecule has 0 aliphatic rings. The van der Waals surface area contributed by atoms with Crippen LogP contribution in [-0.2, 0) is 12.6 Å². The van der Waals surface area contributed by atoms with Gasteiger partial charge in [0.05, 0.1) is 11.9 Å². The van der Waals surface area contributed by atoms with Crippen LogP contribution >= 0.6 is 0 Å². The number of para-hydroxylation sites is 1. The van der Waals surface area contributed by atoms with E-state index in [1.165, 1.54) is 0 Å². The van der Waals surface area contributed by atoms with Gasteiger partial charge in [-0.15, -0.1) is 4.90 Å². The van der Waals surface area contributed by atoms with E-state index in [2.05, 4.69) is 9.98 Å². The van der Waals surface area contributed by atoms with Crippen molar-refractivity contribution < 1.29 is 0 Å². The molecule has 0 unspecified atom stereocenters. The molecule has 0 radical (unpaired) electrons. The number of hydrogen-bond acceptors (Lipinski definition) is 3. The smallest absolute Gasteiger partial charge is 0.0812 e. The minimum Gasteiger partial charge on any atom is -0.778 e. The van der Waals surface area contributed by atoms with E-state index in [4.69, 9.17) is 12.6 Å². The lowest BCUT2D eigenvalue weighted by molar-refractivity contribution is 1.29. The minimum atomic E-state index is 0.754. The van der Waals surface area contributed by atoms with Gasteiger partial charge in [0.15, 0.2) is 0 Å². The second-order valence-electron chi connectivity index (χ2n) is 2.98. The molecule has 1 aromatic carbocycles. The van der Waals surface area contributed by atoms with Gasteiger partial charge in [0, 0.05) is 11.9 Å². The topological polar surface area (TPSA) is 25.2 Å². The van der Waals surface area contributed by atoms with Crippen LogP contribution in [0.4, 0.5) is 5.69 Å². The number of benzene rings is 1. The first-order chi connectivity index (χ1) is 7.36. The Bertz CT molecular complexity index is 466. The fourth-order valence-electron chi connectivity index (χ4n) is 1.15. The van der Waals surface area contributed by atoms with Gasteiger partial charge in [0.2, 0.25) is 0 Å². The van der Waals surface area contributed by atoms with Gasteiger partial charge in [-0.3, -0.25) is 9.98 Å². The summed E-state index contributed by atoms with van der Waals surface area (Å²) in [5, 5.41) is 0. The largest absolute Gasteiger partial charge is 0.778 e. The van der Waals surface area contributed by atoms with Crippen LogP contribution in [0.3, 0.4) is 0 Å². The number of aliphatic imine (C=N–C) groups is 1. The van der Waals surface area contributed by atoms with E-state index in [-0.39, 0.29) is 0 Å². The molecular formula is C12H9N2S-. The summed E-state index contributed by atoms with van der Waals surface area (Å²) in [7, 11) is 0. The summed E-state index contributed by atoms with van der Waals surface area (Å²) in [6, 6.07) is 13.3. The first kappa shape index (κ1) is 9.80. The fraction of sp³-hybridized carbons (Fsp3) is 0. The van der Waals surface area contributed by atoms with Gasteiger partial charge in [-0.25, -0.2) is 0 Å². The van der Waals surface area contributed by atoms with Crippen molar-refractivity contribution in [3.05, 3.63) is 54.4 Å². The molecule has 0 spiro atoms. The average molecular weight is 213 g/mol. The summed E-state index contributed by atoms with van der Waals surface area (Å²) >= 11 is 5.13. The highest BCUT2D eigenvalue weighted by molar-refractivity contribution is 7.59. The molecule has 0 atom stereocenters. The summed E-state index contributed by atoms with van der Waals surface area (Å²) in [5.41, 5.74) is 1.63. The Balaban J connectivity index is 2.23. The van der Waals surface area contributed by atoms with Crippen molar-refractivity contribution in [1.82, 2.24) is 4.98 Å². The summed E-state index contributed by atoms with van der Waals surface area (Å²) in [6.07, 6.45) is 3.45. The number of nitrogens with zero attached hydrogens (tertiary/aromatic N) is 2. The third-order valence-electron chi connectivity index (χ3n) is 1.89. The van der Waals surface area contributed by atoms with E-state index in [0.717, 1.165) is 16.3 Å². The molecule has 15 heavy (non-hydrogen) atoms. The van der Waals surface area contributed by atoms with Gasteiger partial charge in [0.1, 0.15) is 0 Å². The monoisotopic (exact) mass is 213 g/mol. The third kappa shape index (κ3) is 2.60. The predicted molar refractivity (Wildman–Crippen MR) is 63.6 cm³/mol. The van der Waals surface area contributed by atoms with E-state index in [1.807, 2.05) is 42.5 Å². The highest BCUT2D eigenvalue weighted by atomic mass is 32.1. The second kappa shape index (κ2) is 4.66. The van der Waals surface area contributed by atoms with Crippen molar-refractivity contribution in [2.75, 3.05) is 0 Å². The zero-order chi connectivity index (χ0) is 10.5. The van der Waals surface area contributed by atoms with E-state index < -0.39 is 0 Å². The zero-order valence-electron chi connectivity index (χ0n) is 8.00. The van der Waals surface area contributed by atoms with Crippen LogP contribution in [0.2, 0.25) is 0 Å². The summed E-state index contributed by atoms with van der Waals surface area (Å²) < 4.78 is 0. The van der Waals surface area contributed by atoms with Crippen LogP contribution in [0.1, 0.15) is 5.69 Å². The van der Waals surface area contributed by atoms with Gasteiger partial charge in [-0.1, -0.05) is 24.3 Å². The van der Waals surface area contributed by atoms with Crippen molar-refractivity contribution in [2.45, 2.75) is 4.90 Å². The minimum absolute atomic E-state index is 0.754. The third-order valence-corrected chi connectivity index (χ3v) is 2.23. The number of rotatable bonds is 2. The molecule has 3 heteroatoms. The van der Waals surface area contributed by atoms with Gasteiger partial charge >= 0.3 is 0 Å². The lowest BCUT2D eigenvalue weighted by Gasteiger charge is -2.07. The standard InChI is InChI=1S/C12H10N2S/c15-12-7-2-1-6-11(12)14-9-10-5-3-4-8-13-10/h1-9,15H/p-1.